The molecule has 0 fully saturated rings. The van der Waals surface area contributed by atoms with E-state index in [0.717, 1.165) is 4.47 Å². The zero-order chi connectivity index (χ0) is 10.1. The van der Waals surface area contributed by atoms with Crippen molar-refractivity contribution in [2.75, 3.05) is 11.5 Å². The van der Waals surface area contributed by atoms with Crippen molar-refractivity contribution < 1.29 is 4.52 Å². The van der Waals surface area contributed by atoms with E-state index in [1.54, 1.807) is 6.07 Å². The number of para-hydroxylation sites is 1. The first kappa shape index (κ1) is 9.01. The second kappa shape index (κ2) is 3.30. The summed E-state index contributed by atoms with van der Waals surface area (Å²) in [6.07, 6.45) is 0. The van der Waals surface area contributed by atoms with Crippen molar-refractivity contribution in [2.45, 2.75) is 0 Å². The van der Waals surface area contributed by atoms with Gasteiger partial charge in [0.15, 0.2) is 0 Å². The zero-order valence-electron chi connectivity index (χ0n) is 7.07. The number of benzene rings is 1. The Balaban J connectivity index is 2.57. The number of hydrogen-bond donors (Lipinski definition) is 2. The Morgan fingerprint density at radius 2 is 2.07 bits per heavy atom. The van der Waals surface area contributed by atoms with E-state index in [1.165, 1.54) is 0 Å². The SMILES string of the molecule is Nc1noc(-c2cccc(Br)c2N)n1. The molecule has 0 unspecified atom stereocenters. The zero-order valence-corrected chi connectivity index (χ0v) is 8.65. The van der Waals surface area contributed by atoms with Gasteiger partial charge in [0.25, 0.3) is 11.8 Å². The molecule has 1 aromatic carbocycles. The number of halogens is 1. The molecule has 0 aliphatic rings. The number of nitrogens with zero attached hydrogens (tertiary/aromatic N) is 2. The lowest BCUT2D eigenvalue weighted by atomic mass is 10.2. The van der Waals surface area contributed by atoms with E-state index in [2.05, 4.69) is 26.1 Å². The first-order valence-electron chi connectivity index (χ1n) is 3.82. The number of nitrogens with two attached hydrogens (primary N) is 2. The maximum atomic E-state index is 5.81. The van der Waals surface area contributed by atoms with Gasteiger partial charge in [0.2, 0.25) is 0 Å². The number of aromatic nitrogens is 2. The summed E-state index contributed by atoms with van der Waals surface area (Å²) < 4.78 is 5.68. The van der Waals surface area contributed by atoms with Gasteiger partial charge in [-0.3, -0.25) is 0 Å². The van der Waals surface area contributed by atoms with Gasteiger partial charge in [-0.15, -0.1) is 0 Å². The lowest BCUT2D eigenvalue weighted by molar-refractivity contribution is 0.433. The van der Waals surface area contributed by atoms with Gasteiger partial charge in [0.1, 0.15) is 0 Å². The van der Waals surface area contributed by atoms with Gasteiger partial charge in [-0.25, -0.2) is 0 Å². The van der Waals surface area contributed by atoms with Crippen LogP contribution in [0.3, 0.4) is 0 Å². The molecule has 14 heavy (non-hydrogen) atoms. The quantitative estimate of drug-likeness (QED) is 0.756. The summed E-state index contributed by atoms with van der Waals surface area (Å²) in [6, 6.07) is 5.45. The molecule has 6 heteroatoms. The second-order valence-corrected chi connectivity index (χ2v) is 3.51. The number of nitrogen functional groups attached to an aromatic ring is 2. The van der Waals surface area contributed by atoms with E-state index in [-0.39, 0.29) is 5.95 Å². The molecule has 0 saturated heterocycles. The van der Waals surface area contributed by atoms with Gasteiger partial charge in [-0.1, -0.05) is 6.07 Å². The Morgan fingerprint density at radius 1 is 1.29 bits per heavy atom. The fourth-order valence-electron chi connectivity index (χ4n) is 1.07. The second-order valence-electron chi connectivity index (χ2n) is 2.66. The Labute approximate surface area is 88.2 Å². The van der Waals surface area contributed by atoms with Crippen LogP contribution in [-0.2, 0) is 0 Å². The highest BCUT2D eigenvalue weighted by atomic mass is 79.9. The smallest absolute Gasteiger partial charge is 0.261 e. The van der Waals surface area contributed by atoms with E-state index in [0.29, 0.717) is 17.1 Å². The molecule has 0 spiro atoms. The van der Waals surface area contributed by atoms with Gasteiger partial charge in [-0.2, -0.15) is 4.98 Å². The van der Waals surface area contributed by atoms with Gasteiger partial charge >= 0.3 is 0 Å². The van der Waals surface area contributed by atoms with E-state index < -0.39 is 0 Å². The highest BCUT2D eigenvalue weighted by Gasteiger charge is 2.11. The first-order valence-corrected chi connectivity index (χ1v) is 4.61. The van der Waals surface area contributed by atoms with Crippen molar-refractivity contribution in [3.8, 4) is 11.5 Å². The van der Waals surface area contributed by atoms with Gasteiger partial charge in [-0.05, 0) is 33.2 Å². The largest absolute Gasteiger partial charge is 0.397 e. The molecule has 1 heterocycles. The first-order chi connectivity index (χ1) is 6.68. The number of anilines is 2. The molecule has 0 amide bonds. The molecule has 4 N–H and O–H groups in total. The minimum absolute atomic E-state index is 0.0966. The Kier molecular flexibility index (Phi) is 2.12. The molecule has 2 rings (SSSR count). The normalized spacial score (nSPS) is 10.4. The molecule has 5 nitrogen and oxygen atoms in total. The van der Waals surface area contributed by atoms with Crippen LogP contribution in [0.1, 0.15) is 0 Å². The minimum Gasteiger partial charge on any atom is -0.397 e. The molecule has 0 aliphatic heterocycles. The summed E-state index contributed by atoms with van der Waals surface area (Å²) in [5.74, 6) is 0.417. The molecule has 0 radical (unpaired) electrons. The summed E-state index contributed by atoms with van der Waals surface area (Å²) in [5.41, 5.74) is 12.4. The van der Waals surface area contributed by atoms with Crippen molar-refractivity contribution in [1.29, 1.82) is 0 Å². The minimum atomic E-state index is 0.0966. The highest BCUT2D eigenvalue weighted by Crippen LogP contribution is 2.30. The molecule has 0 bridgehead atoms. The molecule has 1 aromatic heterocycles. The lowest BCUT2D eigenvalue weighted by Crippen LogP contribution is -1.91. The maximum absolute atomic E-state index is 5.81. The van der Waals surface area contributed by atoms with Crippen LogP contribution in [0.5, 0.6) is 0 Å². The summed E-state index contributed by atoms with van der Waals surface area (Å²) in [6.45, 7) is 0. The molecule has 2 aromatic rings. The van der Waals surface area contributed by atoms with Crippen LogP contribution < -0.4 is 11.5 Å². The third kappa shape index (κ3) is 1.44. The van der Waals surface area contributed by atoms with Gasteiger partial charge in [0, 0.05) is 4.47 Å². The van der Waals surface area contributed by atoms with Crippen molar-refractivity contribution in [2.24, 2.45) is 0 Å². The van der Waals surface area contributed by atoms with Crippen molar-refractivity contribution in [3.63, 3.8) is 0 Å². The average Bonchev–Trinajstić information content (AvgIpc) is 2.57. The van der Waals surface area contributed by atoms with Crippen LogP contribution in [0.4, 0.5) is 11.6 Å². The summed E-state index contributed by atoms with van der Waals surface area (Å²) in [7, 11) is 0. The fraction of sp³-hybridized carbons (Fsp3) is 0. The standard InChI is InChI=1S/C8H7BrN4O/c9-5-3-1-2-4(6(5)10)7-12-8(11)13-14-7/h1-3H,10H2,(H2,11,13). The monoisotopic (exact) mass is 254 g/mol. The van der Waals surface area contributed by atoms with E-state index in [4.69, 9.17) is 16.0 Å². The summed E-state index contributed by atoms with van der Waals surface area (Å²) in [4.78, 5) is 3.88. The molecule has 0 saturated carbocycles. The predicted molar refractivity (Wildman–Crippen MR) is 56.3 cm³/mol. The predicted octanol–water partition coefficient (Wildman–Crippen LogP) is 1.66. The molecule has 0 atom stereocenters. The van der Waals surface area contributed by atoms with E-state index in [9.17, 15) is 0 Å². The third-order valence-corrected chi connectivity index (χ3v) is 2.42. The van der Waals surface area contributed by atoms with Gasteiger partial charge < -0.3 is 16.0 Å². The summed E-state index contributed by atoms with van der Waals surface area (Å²) in [5, 5.41) is 3.48. The summed E-state index contributed by atoms with van der Waals surface area (Å²) >= 11 is 3.30. The highest BCUT2D eigenvalue weighted by molar-refractivity contribution is 9.10. The van der Waals surface area contributed by atoms with Crippen LogP contribution in [0.15, 0.2) is 27.2 Å². The van der Waals surface area contributed by atoms with Crippen LogP contribution >= 0.6 is 15.9 Å². The van der Waals surface area contributed by atoms with Crippen molar-refractivity contribution in [1.82, 2.24) is 10.1 Å². The third-order valence-electron chi connectivity index (χ3n) is 1.73. The molecule has 0 aliphatic carbocycles. The van der Waals surface area contributed by atoms with Crippen LogP contribution in [0.25, 0.3) is 11.5 Å². The lowest BCUT2D eigenvalue weighted by Gasteiger charge is -2.01. The Bertz CT molecular complexity index is 468. The Hall–Kier alpha value is -1.56. The number of rotatable bonds is 1. The van der Waals surface area contributed by atoms with E-state index >= 15 is 0 Å². The van der Waals surface area contributed by atoms with Crippen LogP contribution in [-0.4, -0.2) is 10.1 Å². The molecular weight excluding hydrogens is 248 g/mol. The van der Waals surface area contributed by atoms with Crippen LogP contribution in [0, 0.1) is 0 Å². The molecular formula is C8H7BrN4O. The van der Waals surface area contributed by atoms with Crippen molar-refractivity contribution >= 4 is 27.6 Å². The van der Waals surface area contributed by atoms with E-state index in [1.807, 2.05) is 12.1 Å². The Morgan fingerprint density at radius 3 is 2.71 bits per heavy atom. The van der Waals surface area contributed by atoms with Gasteiger partial charge in [0.05, 0.1) is 11.3 Å². The van der Waals surface area contributed by atoms with Crippen LogP contribution in [0.2, 0.25) is 0 Å². The number of hydrogen-bond acceptors (Lipinski definition) is 5. The van der Waals surface area contributed by atoms with Crippen molar-refractivity contribution in [3.05, 3.63) is 22.7 Å². The maximum Gasteiger partial charge on any atom is 0.261 e. The fourth-order valence-corrected chi connectivity index (χ4v) is 1.43. The molecule has 72 valence electrons. The topological polar surface area (TPSA) is 91.0 Å². The average molecular weight is 255 g/mol.